The number of hydrogen-bond donors (Lipinski definition) is 0. The van der Waals surface area contributed by atoms with Crippen LogP contribution < -0.4 is 0 Å². The molecule has 5 nitrogen and oxygen atoms in total. The smallest absolute Gasteiger partial charge is 0.257 e. The van der Waals surface area contributed by atoms with Crippen molar-refractivity contribution in [2.75, 3.05) is 19.6 Å². The minimum atomic E-state index is 0.0438. The van der Waals surface area contributed by atoms with Gasteiger partial charge in [0.2, 0.25) is 5.91 Å². The second-order valence-corrected chi connectivity index (χ2v) is 7.57. The van der Waals surface area contributed by atoms with Crippen LogP contribution in [0.1, 0.15) is 48.7 Å². The maximum absolute atomic E-state index is 13.2. The fraction of sp³-hybridized carbons (Fsp3) is 0.524. The molecule has 1 aromatic carbocycles. The van der Waals surface area contributed by atoms with Crippen molar-refractivity contribution in [3.05, 3.63) is 35.6 Å². The molecule has 138 valence electrons. The van der Waals surface area contributed by atoms with E-state index in [9.17, 15) is 9.59 Å². The van der Waals surface area contributed by atoms with Gasteiger partial charge >= 0.3 is 0 Å². The number of piperidine rings is 2. The van der Waals surface area contributed by atoms with Crippen molar-refractivity contribution >= 4 is 22.8 Å². The van der Waals surface area contributed by atoms with E-state index >= 15 is 0 Å². The number of fused-ring (bicyclic) bond motifs is 2. The molecule has 0 radical (unpaired) electrons. The molecule has 0 unspecified atom stereocenters. The van der Waals surface area contributed by atoms with Crippen molar-refractivity contribution in [1.82, 2.24) is 9.80 Å². The summed E-state index contributed by atoms with van der Waals surface area (Å²) in [5.41, 5.74) is 1.33. The van der Waals surface area contributed by atoms with Crippen molar-refractivity contribution in [3.63, 3.8) is 0 Å². The van der Waals surface area contributed by atoms with Gasteiger partial charge in [0.25, 0.3) is 5.91 Å². The lowest BCUT2D eigenvalue weighted by atomic mass is 9.83. The number of carbonyl (C=O) groups excluding carboxylic acids is 2. The highest BCUT2D eigenvalue weighted by Crippen LogP contribution is 2.33. The van der Waals surface area contributed by atoms with Crippen LogP contribution in [0.5, 0.6) is 0 Å². The summed E-state index contributed by atoms with van der Waals surface area (Å²) in [7, 11) is 0. The monoisotopic (exact) mass is 354 g/mol. The van der Waals surface area contributed by atoms with E-state index in [4.69, 9.17) is 4.42 Å². The lowest BCUT2D eigenvalue weighted by molar-refractivity contribution is -0.140. The lowest BCUT2D eigenvalue weighted by Gasteiger charge is -2.47. The van der Waals surface area contributed by atoms with Crippen LogP contribution in [0.4, 0.5) is 0 Å². The molecular formula is C21H26N2O3. The zero-order valence-electron chi connectivity index (χ0n) is 15.5. The average Bonchev–Trinajstić information content (AvgIpc) is 3.03. The summed E-state index contributed by atoms with van der Waals surface area (Å²) in [5.74, 6) is 1.53. The van der Waals surface area contributed by atoms with Gasteiger partial charge in [-0.3, -0.25) is 9.59 Å². The van der Waals surface area contributed by atoms with Crippen LogP contribution in [-0.2, 0) is 4.79 Å². The number of benzene rings is 1. The van der Waals surface area contributed by atoms with Crippen molar-refractivity contribution in [2.24, 2.45) is 5.92 Å². The third-order valence-electron chi connectivity index (χ3n) is 5.79. The van der Waals surface area contributed by atoms with Gasteiger partial charge in [-0.2, -0.15) is 0 Å². The number of rotatable bonds is 3. The van der Waals surface area contributed by atoms with Crippen molar-refractivity contribution in [1.29, 1.82) is 0 Å². The molecule has 0 N–H and O–H groups in total. The normalized spacial score (nSPS) is 23.4. The van der Waals surface area contributed by atoms with Crippen LogP contribution in [0.3, 0.4) is 0 Å². The van der Waals surface area contributed by atoms with E-state index in [1.54, 1.807) is 0 Å². The molecule has 2 fully saturated rings. The maximum Gasteiger partial charge on any atom is 0.257 e. The molecule has 2 aliphatic rings. The largest absolute Gasteiger partial charge is 0.461 e. The van der Waals surface area contributed by atoms with E-state index in [-0.39, 0.29) is 11.8 Å². The van der Waals surface area contributed by atoms with Gasteiger partial charge in [0.15, 0.2) is 0 Å². The molecule has 0 saturated carbocycles. The second-order valence-electron chi connectivity index (χ2n) is 7.57. The van der Waals surface area contributed by atoms with Gasteiger partial charge in [0, 0.05) is 37.5 Å². The molecule has 3 heterocycles. The molecule has 2 aromatic rings. The molecule has 2 amide bonds. The van der Waals surface area contributed by atoms with Gasteiger partial charge < -0.3 is 14.2 Å². The highest BCUT2D eigenvalue weighted by atomic mass is 16.3. The first-order chi connectivity index (χ1) is 12.6. The highest BCUT2D eigenvalue weighted by molar-refractivity contribution is 6.05. The number of para-hydroxylation sites is 1. The van der Waals surface area contributed by atoms with Gasteiger partial charge in [-0.1, -0.05) is 19.1 Å². The van der Waals surface area contributed by atoms with E-state index in [2.05, 4.69) is 11.8 Å². The van der Waals surface area contributed by atoms with Crippen LogP contribution in [0.25, 0.3) is 11.0 Å². The van der Waals surface area contributed by atoms with Gasteiger partial charge in [-0.05, 0) is 44.2 Å². The molecule has 5 heteroatoms. The third kappa shape index (κ3) is 2.89. The Morgan fingerprint density at radius 3 is 2.96 bits per heavy atom. The van der Waals surface area contributed by atoms with E-state index in [0.717, 1.165) is 43.5 Å². The van der Waals surface area contributed by atoms with Crippen molar-refractivity contribution in [3.8, 4) is 0 Å². The van der Waals surface area contributed by atoms with Gasteiger partial charge in [-0.25, -0.2) is 0 Å². The molecule has 26 heavy (non-hydrogen) atoms. The van der Waals surface area contributed by atoms with E-state index in [1.165, 1.54) is 0 Å². The summed E-state index contributed by atoms with van der Waals surface area (Å²) < 4.78 is 5.78. The Labute approximate surface area is 153 Å². The minimum absolute atomic E-state index is 0.0438. The van der Waals surface area contributed by atoms with Crippen LogP contribution in [0, 0.1) is 12.8 Å². The molecule has 1 aromatic heterocycles. The Bertz CT molecular complexity index is 841. The zero-order valence-corrected chi connectivity index (χ0v) is 15.5. The second kappa shape index (κ2) is 6.78. The molecule has 0 bridgehead atoms. The summed E-state index contributed by atoms with van der Waals surface area (Å²) in [6.07, 6.45) is 3.35. The first-order valence-corrected chi connectivity index (χ1v) is 9.66. The van der Waals surface area contributed by atoms with Crippen molar-refractivity contribution in [2.45, 2.75) is 45.6 Å². The predicted octanol–water partition coefficient (Wildman–Crippen LogP) is 3.60. The minimum Gasteiger partial charge on any atom is -0.461 e. The first-order valence-electron chi connectivity index (χ1n) is 9.66. The highest BCUT2D eigenvalue weighted by Gasteiger charge is 2.40. The van der Waals surface area contributed by atoms with Crippen LogP contribution >= 0.6 is 0 Å². The molecule has 0 spiro atoms. The number of furan rings is 1. The van der Waals surface area contributed by atoms with Gasteiger partial charge in [0.1, 0.15) is 11.3 Å². The van der Waals surface area contributed by atoms with Crippen LogP contribution in [-0.4, -0.2) is 47.3 Å². The Morgan fingerprint density at radius 2 is 2.15 bits per heavy atom. The number of amides is 2. The number of hydrogen-bond acceptors (Lipinski definition) is 3. The Morgan fingerprint density at radius 1 is 1.31 bits per heavy atom. The van der Waals surface area contributed by atoms with Gasteiger partial charge in [-0.15, -0.1) is 0 Å². The molecule has 4 rings (SSSR count). The molecule has 2 saturated heterocycles. The Balaban J connectivity index is 1.55. The standard InChI is InChI=1S/C21H26N2O3/c1-3-10-23-18-9-11-22(13-16(18)7-8-19(23)24)21(25)17-6-4-5-15-12-14(2)26-20(15)17/h4-6,12,16,18H,3,7-11,13H2,1-2H3/t16-,18+/m0/s1. The molecular weight excluding hydrogens is 328 g/mol. The Kier molecular flexibility index (Phi) is 4.47. The molecule has 0 aliphatic carbocycles. The molecule has 2 aliphatic heterocycles. The van der Waals surface area contributed by atoms with E-state index < -0.39 is 0 Å². The lowest BCUT2D eigenvalue weighted by Crippen LogP contribution is -2.57. The maximum atomic E-state index is 13.2. The predicted molar refractivity (Wildman–Crippen MR) is 100.0 cm³/mol. The van der Waals surface area contributed by atoms with Crippen LogP contribution in [0.15, 0.2) is 28.7 Å². The zero-order chi connectivity index (χ0) is 18.3. The number of likely N-dealkylation sites (tertiary alicyclic amines) is 2. The molecule has 2 atom stereocenters. The van der Waals surface area contributed by atoms with Crippen LogP contribution in [0.2, 0.25) is 0 Å². The average molecular weight is 354 g/mol. The third-order valence-corrected chi connectivity index (χ3v) is 5.79. The first kappa shape index (κ1) is 17.1. The quantitative estimate of drug-likeness (QED) is 0.846. The van der Waals surface area contributed by atoms with Gasteiger partial charge in [0.05, 0.1) is 5.56 Å². The fourth-order valence-electron chi connectivity index (χ4n) is 4.60. The summed E-state index contributed by atoms with van der Waals surface area (Å²) in [6.45, 7) is 6.28. The summed E-state index contributed by atoms with van der Waals surface area (Å²) in [4.78, 5) is 29.4. The number of aryl methyl sites for hydroxylation is 1. The summed E-state index contributed by atoms with van der Waals surface area (Å²) >= 11 is 0. The summed E-state index contributed by atoms with van der Waals surface area (Å²) in [6, 6.07) is 8.01. The SMILES string of the molecule is CCCN1C(=O)CC[C@H]2CN(C(=O)c3cccc4cc(C)oc34)CC[C@H]21. The topological polar surface area (TPSA) is 53.8 Å². The summed E-state index contributed by atoms with van der Waals surface area (Å²) in [5, 5.41) is 0.973. The van der Waals surface area contributed by atoms with E-state index in [1.807, 2.05) is 36.1 Å². The number of carbonyl (C=O) groups is 2. The number of nitrogens with zero attached hydrogens (tertiary/aromatic N) is 2. The Hall–Kier alpha value is -2.30. The fourth-order valence-corrected chi connectivity index (χ4v) is 4.60. The van der Waals surface area contributed by atoms with E-state index in [0.29, 0.717) is 36.1 Å². The van der Waals surface area contributed by atoms with Crippen molar-refractivity contribution < 1.29 is 14.0 Å².